The number of benzene rings is 1. The molecule has 1 fully saturated rings. The summed E-state index contributed by atoms with van der Waals surface area (Å²) in [5.74, 6) is 0.832. The van der Waals surface area contributed by atoms with Gasteiger partial charge in [0.2, 0.25) is 0 Å². The first-order valence-electron chi connectivity index (χ1n) is 7.26. The van der Waals surface area contributed by atoms with Crippen LogP contribution >= 0.6 is 11.6 Å². The van der Waals surface area contributed by atoms with Gasteiger partial charge in [-0.05, 0) is 24.1 Å². The van der Waals surface area contributed by atoms with Gasteiger partial charge in [-0.3, -0.25) is 4.79 Å². The van der Waals surface area contributed by atoms with Gasteiger partial charge < -0.3 is 14.6 Å². The fourth-order valence-corrected chi connectivity index (χ4v) is 2.50. The summed E-state index contributed by atoms with van der Waals surface area (Å²) in [6, 6.07) is 9.17. The molecule has 1 atom stereocenters. The standard InChI is InChI=1S/C16H17ClN2O3/c17-13-3-1-11(2-4-13)7-14-8-15(19-22-14)16(20)18-9-12-5-6-21-10-12/h1-4,8,12H,5-7,9-10H2,(H,18,20)/t12-/m0/s1. The quantitative estimate of drug-likeness (QED) is 0.920. The van der Waals surface area contributed by atoms with Crippen LogP contribution in [-0.2, 0) is 11.2 Å². The van der Waals surface area contributed by atoms with Gasteiger partial charge in [0, 0.05) is 36.6 Å². The van der Waals surface area contributed by atoms with Crippen LogP contribution < -0.4 is 5.32 Å². The van der Waals surface area contributed by atoms with Crippen molar-refractivity contribution >= 4 is 17.5 Å². The van der Waals surface area contributed by atoms with Crippen molar-refractivity contribution in [2.24, 2.45) is 5.92 Å². The highest BCUT2D eigenvalue weighted by atomic mass is 35.5. The maximum atomic E-state index is 12.0. The Bertz CT molecular complexity index is 633. The zero-order valence-electron chi connectivity index (χ0n) is 12.0. The molecule has 0 aliphatic carbocycles. The van der Waals surface area contributed by atoms with E-state index in [0.717, 1.165) is 18.6 Å². The van der Waals surface area contributed by atoms with Gasteiger partial charge in [-0.2, -0.15) is 0 Å². The molecule has 1 aliphatic heterocycles. The van der Waals surface area contributed by atoms with Crippen molar-refractivity contribution in [2.75, 3.05) is 19.8 Å². The average Bonchev–Trinajstić information content (AvgIpc) is 3.19. The van der Waals surface area contributed by atoms with E-state index >= 15 is 0 Å². The molecule has 22 heavy (non-hydrogen) atoms. The Hall–Kier alpha value is -1.85. The van der Waals surface area contributed by atoms with E-state index in [1.54, 1.807) is 6.07 Å². The normalized spacial score (nSPS) is 17.6. The lowest BCUT2D eigenvalue weighted by atomic mass is 10.1. The molecule has 0 saturated carbocycles. The van der Waals surface area contributed by atoms with E-state index in [-0.39, 0.29) is 5.91 Å². The highest BCUT2D eigenvalue weighted by molar-refractivity contribution is 6.30. The third-order valence-electron chi connectivity index (χ3n) is 3.66. The molecule has 1 aromatic heterocycles. The molecular weight excluding hydrogens is 304 g/mol. The smallest absolute Gasteiger partial charge is 0.273 e. The summed E-state index contributed by atoms with van der Waals surface area (Å²) in [5.41, 5.74) is 1.36. The number of rotatable bonds is 5. The number of nitrogens with one attached hydrogen (secondary N) is 1. The minimum Gasteiger partial charge on any atom is -0.381 e. The van der Waals surface area contributed by atoms with Gasteiger partial charge in [0.1, 0.15) is 5.76 Å². The molecule has 1 aliphatic rings. The first-order valence-corrected chi connectivity index (χ1v) is 7.64. The van der Waals surface area contributed by atoms with E-state index in [4.69, 9.17) is 20.9 Å². The van der Waals surface area contributed by atoms with Crippen LogP contribution in [0.2, 0.25) is 5.02 Å². The zero-order valence-corrected chi connectivity index (χ0v) is 12.8. The van der Waals surface area contributed by atoms with Crippen molar-refractivity contribution in [3.8, 4) is 0 Å². The first-order chi connectivity index (χ1) is 10.7. The summed E-state index contributed by atoms with van der Waals surface area (Å²) in [5, 5.41) is 7.39. The Morgan fingerprint density at radius 2 is 2.18 bits per heavy atom. The summed E-state index contributed by atoms with van der Waals surface area (Å²) in [4.78, 5) is 12.0. The highest BCUT2D eigenvalue weighted by Gasteiger charge is 2.18. The maximum absolute atomic E-state index is 12.0. The van der Waals surface area contributed by atoms with Crippen molar-refractivity contribution in [1.82, 2.24) is 10.5 Å². The number of amides is 1. The SMILES string of the molecule is O=C(NC[C@@H]1CCOC1)c1cc(Cc2ccc(Cl)cc2)on1. The van der Waals surface area contributed by atoms with Crippen LogP contribution in [0, 0.1) is 5.92 Å². The predicted molar refractivity (Wildman–Crippen MR) is 82.0 cm³/mol. The molecule has 2 heterocycles. The molecule has 1 amide bonds. The molecule has 2 aromatic rings. The van der Waals surface area contributed by atoms with Crippen LogP contribution in [-0.4, -0.2) is 30.8 Å². The largest absolute Gasteiger partial charge is 0.381 e. The number of nitrogens with zero attached hydrogens (tertiary/aromatic N) is 1. The topological polar surface area (TPSA) is 64.4 Å². The van der Waals surface area contributed by atoms with Crippen molar-refractivity contribution in [3.63, 3.8) is 0 Å². The molecule has 0 radical (unpaired) electrons. The van der Waals surface area contributed by atoms with Gasteiger partial charge in [0.25, 0.3) is 5.91 Å². The lowest BCUT2D eigenvalue weighted by molar-refractivity contribution is 0.0936. The van der Waals surface area contributed by atoms with Crippen LogP contribution in [0.5, 0.6) is 0 Å². The monoisotopic (exact) mass is 320 g/mol. The van der Waals surface area contributed by atoms with Crippen LogP contribution in [0.1, 0.15) is 28.2 Å². The van der Waals surface area contributed by atoms with E-state index in [1.807, 2.05) is 24.3 Å². The number of hydrogen-bond donors (Lipinski definition) is 1. The molecular formula is C16H17ClN2O3. The summed E-state index contributed by atoms with van der Waals surface area (Å²) in [6.45, 7) is 2.09. The average molecular weight is 321 g/mol. The van der Waals surface area contributed by atoms with Crippen LogP contribution in [0.3, 0.4) is 0 Å². The van der Waals surface area contributed by atoms with Crippen LogP contribution in [0.15, 0.2) is 34.9 Å². The number of hydrogen-bond acceptors (Lipinski definition) is 4. The summed E-state index contributed by atoms with van der Waals surface area (Å²) >= 11 is 5.85. The lowest BCUT2D eigenvalue weighted by Crippen LogP contribution is -2.29. The van der Waals surface area contributed by atoms with Gasteiger partial charge in [-0.1, -0.05) is 28.9 Å². The minimum atomic E-state index is -0.210. The van der Waals surface area contributed by atoms with Gasteiger partial charge >= 0.3 is 0 Å². The van der Waals surface area contributed by atoms with Crippen molar-refractivity contribution < 1.29 is 14.1 Å². The third-order valence-corrected chi connectivity index (χ3v) is 3.91. The number of ether oxygens (including phenoxy) is 1. The number of carbonyl (C=O) groups excluding carboxylic acids is 1. The Balaban J connectivity index is 1.55. The second-order valence-corrected chi connectivity index (χ2v) is 5.86. The van der Waals surface area contributed by atoms with Gasteiger partial charge in [-0.15, -0.1) is 0 Å². The fraction of sp³-hybridized carbons (Fsp3) is 0.375. The predicted octanol–water partition coefficient (Wildman–Crippen LogP) is 2.69. The van der Waals surface area contributed by atoms with Crippen LogP contribution in [0.25, 0.3) is 0 Å². The molecule has 6 heteroatoms. The molecule has 3 rings (SSSR count). The van der Waals surface area contributed by atoms with E-state index in [9.17, 15) is 4.79 Å². The highest BCUT2D eigenvalue weighted by Crippen LogP contribution is 2.15. The molecule has 0 unspecified atom stereocenters. The fourth-order valence-electron chi connectivity index (χ4n) is 2.38. The summed E-state index contributed by atoms with van der Waals surface area (Å²) < 4.78 is 10.5. The number of carbonyl (C=O) groups is 1. The molecule has 1 aromatic carbocycles. The third kappa shape index (κ3) is 3.87. The van der Waals surface area contributed by atoms with E-state index in [1.165, 1.54) is 0 Å². The molecule has 0 spiro atoms. The molecule has 0 bridgehead atoms. The molecule has 1 saturated heterocycles. The second-order valence-electron chi connectivity index (χ2n) is 5.42. The minimum absolute atomic E-state index is 0.210. The van der Waals surface area contributed by atoms with Crippen molar-refractivity contribution in [1.29, 1.82) is 0 Å². The summed E-state index contributed by atoms with van der Waals surface area (Å²) in [7, 11) is 0. The number of aromatic nitrogens is 1. The molecule has 1 N–H and O–H groups in total. The first kappa shape index (κ1) is 15.1. The van der Waals surface area contributed by atoms with Gasteiger partial charge in [0.15, 0.2) is 5.69 Å². The van der Waals surface area contributed by atoms with Crippen molar-refractivity contribution in [3.05, 3.63) is 52.4 Å². The summed E-state index contributed by atoms with van der Waals surface area (Å²) in [6.07, 6.45) is 1.56. The van der Waals surface area contributed by atoms with E-state index in [2.05, 4.69) is 10.5 Å². The van der Waals surface area contributed by atoms with Crippen molar-refractivity contribution in [2.45, 2.75) is 12.8 Å². The zero-order chi connectivity index (χ0) is 15.4. The second kappa shape index (κ2) is 6.94. The van der Waals surface area contributed by atoms with E-state index in [0.29, 0.717) is 42.0 Å². The van der Waals surface area contributed by atoms with Gasteiger partial charge in [0.05, 0.1) is 6.61 Å². The Kier molecular flexibility index (Phi) is 4.75. The Morgan fingerprint density at radius 1 is 1.36 bits per heavy atom. The molecule has 116 valence electrons. The van der Waals surface area contributed by atoms with E-state index < -0.39 is 0 Å². The molecule has 5 nitrogen and oxygen atoms in total. The number of halogens is 1. The Labute approximate surface area is 133 Å². The lowest BCUT2D eigenvalue weighted by Gasteiger charge is -2.07. The van der Waals surface area contributed by atoms with Crippen LogP contribution in [0.4, 0.5) is 0 Å². The maximum Gasteiger partial charge on any atom is 0.273 e. The van der Waals surface area contributed by atoms with Gasteiger partial charge in [-0.25, -0.2) is 0 Å². The Morgan fingerprint density at radius 3 is 2.91 bits per heavy atom.